The van der Waals surface area contributed by atoms with Gasteiger partial charge in [-0.3, -0.25) is 0 Å². The Morgan fingerprint density at radius 2 is 1.78 bits per heavy atom. The monoisotopic (exact) mass is 277 g/mol. The van der Waals surface area contributed by atoms with Crippen molar-refractivity contribution in [2.45, 2.75) is 6.42 Å². The predicted octanol–water partition coefficient (Wildman–Crippen LogP) is 2.75. The summed E-state index contributed by atoms with van der Waals surface area (Å²) < 4.78 is 51.9. The van der Waals surface area contributed by atoms with E-state index in [4.69, 9.17) is 0 Å². The van der Waals surface area contributed by atoms with Crippen molar-refractivity contribution >= 4 is 17.0 Å². The van der Waals surface area contributed by atoms with Gasteiger partial charge in [-0.15, -0.1) is 11.3 Å². The molecule has 0 fully saturated rings. The highest BCUT2D eigenvalue weighted by molar-refractivity contribution is 7.09. The number of nitrogens with one attached hydrogen (secondary N) is 1. The van der Waals surface area contributed by atoms with Crippen molar-refractivity contribution in [3.8, 4) is 0 Å². The molecule has 18 heavy (non-hydrogen) atoms. The second-order valence-corrected chi connectivity index (χ2v) is 4.28. The van der Waals surface area contributed by atoms with Crippen LogP contribution in [0.1, 0.15) is 5.01 Å². The van der Waals surface area contributed by atoms with Crippen LogP contribution in [0.4, 0.5) is 23.2 Å². The lowest BCUT2D eigenvalue weighted by Crippen LogP contribution is -2.12. The number of anilines is 1. The highest BCUT2D eigenvalue weighted by Gasteiger charge is 2.20. The predicted molar refractivity (Wildman–Crippen MR) is 58.4 cm³/mol. The summed E-state index contributed by atoms with van der Waals surface area (Å²) in [5, 5.41) is 4.80. The zero-order valence-corrected chi connectivity index (χ0v) is 9.70. The van der Waals surface area contributed by atoms with Crippen molar-refractivity contribution in [3.63, 3.8) is 0 Å². The number of hydrogen-bond acceptors (Lipinski definition) is 4. The number of pyridine rings is 1. The molecule has 0 radical (unpaired) electrons. The Bertz CT molecular complexity index is 518. The van der Waals surface area contributed by atoms with E-state index in [1.165, 1.54) is 11.3 Å². The van der Waals surface area contributed by atoms with Crippen LogP contribution in [0, 0.1) is 23.5 Å². The maximum absolute atomic E-state index is 13.2. The molecule has 1 N–H and O–H groups in total. The Kier molecular flexibility index (Phi) is 3.75. The minimum atomic E-state index is -1.68. The summed E-state index contributed by atoms with van der Waals surface area (Å²) in [6.07, 6.45) is 1.98. The Balaban J connectivity index is 2.09. The van der Waals surface area contributed by atoms with E-state index in [2.05, 4.69) is 15.3 Å². The lowest BCUT2D eigenvalue weighted by molar-refractivity contribution is 0.410. The first kappa shape index (κ1) is 12.7. The highest BCUT2D eigenvalue weighted by Crippen LogP contribution is 2.21. The molecule has 0 aliphatic carbocycles. The Labute approximate surface area is 104 Å². The van der Waals surface area contributed by atoms with E-state index >= 15 is 0 Å². The molecule has 0 aliphatic rings. The van der Waals surface area contributed by atoms with Gasteiger partial charge >= 0.3 is 0 Å². The number of rotatable bonds is 4. The first-order chi connectivity index (χ1) is 8.59. The quantitative estimate of drug-likeness (QED) is 0.689. The van der Waals surface area contributed by atoms with E-state index in [1.54, 1.807) is 11.6 Å². The summed E-state index contributed by atoms with van der Waals surface area (Å²) in [7, 11) is 0. The van der Waals surface area contributed by atoms with Crippen molar-refractivity contribution in [1.82, 2.24) is 9.97 Å². The third kappa shape index (κ3) is 2.58. The molecule has 0 aliphatic heterocycles. The van der Waals surface area contributed by atoms with Crippen molar-refractivity contribution in [2.24, 2.45) is 0 Å². The fraction of sp³-hybridized carbons (Fsp3) is 0.200. The van der Waals surface area contributed by atoms with Gasteiger partial charge in [0.15, 0.2) is 0 Å². The van der Waals surface area contributed by atoms with Crippen LogP contribution in [0.2, 0.25) is 0 Å². The summed E-state index contributed by atoms with van der Waals surface area (Å²) in [5.74, 6) is -6.42. The lowest BCUT2D eigenvalue weighted by Gasteiger charge is -2.08. The normalized spacial score (nSPS) is 10.7. The molecule has 2 rings (SSSR count). The maximum Gasteiger partial charge on any atom is 0.253 e. The van der Waals surface area contributed by atoms with E-state index in [9.17, 15) is 17.6 Å². The average Bonchev–Trinajstić information content (AvgIpc) is 2.84. The first-order valence-electron chi connectivity index (χ1n) is 4.92. The van der Waals surface area contributed by atoms with Crippen LogP contribution in [0.15, 0.2) is 11.6 Å². The number of hydrogen-bond donors (Lipinski definition) is 1. The van der Waals surface area contributed by atoms with Crippen LogP contribution in [0.3, 0.4) is 0 Å². The molecule has 2 heterocycles. The number of nitrogens with zero attached hydrogens (tertiary/aromatic N) is 2. The van der Waals surface area contributed by atoms with Crippen molar-refractivity contribution < 1.29 is 17.6 Å². The lowest BCUT2D eigenvalue weighted by atomic mass is 10.3. The fourth-order valence-electron chi connectivity index (χ4n) is 1.31. The standard InChI is InChI=1S/C10H7F4N3S/c11-6-8(7(12)10(14)17-9(6)13)16-2-1-5-15-3-4-18-5/h3-4H,1-2H2,(H,16,17). The summed E-state index contributed by atoms with van der Waals surface area (Å²) >= 11 is 1.37. The molecule has 0 spiro atoms. The second kappa shape index (κ2) is 5.30. The smallest absolute Gasteiger partial charge is 0.253 e. The summed E-state index contributed by atoms with van der Waals surface area (Å²) in [5.41, 5.74) is -0.850. The van der Waals surface area contributed by atoms with Gasteiger partial charge in [0, 0.05) is 24.5 Å². The van der Waals surface area contributed by atoms with Crippen LogP contribution >= 0.6 is 11.3 Å². The SMILES string of the molecule is Fc1nc(F)c(F)c(NCCc2nccs2)c1F. The van der Waals surface area contributed by atoms with Crippen LogP contribution in [0.5, 0.6) is 0 Å². The number of aromatic nitrogens is 2. The molecule has 3 nitrogen and oxygen atoms in total. The fourth-order valence-corrected chi connectivity index (χ4v) is 1.93. The van der Waals surface area contributed by atoms with E-state index in [1.807, 2.05) is 0 Å². The van der Waals surface area contributed by atoms with Gasteiger partial charge in [0.25, 0.3) is 11.9 Å². The molecule has 0 aromatic carbocycles. The topological polar surface area (TPSA) is 37.8 Å². The van der Waals surface area contributed by atoms with Crippen molar-refractivity contribution in [3.05, 3.63) is 40.1 Å². The van der Waals surface area contributed by atoms with E-state index in [0.717, 1.165) is 5.01 Å². The number of thiazole rings is 1. The minimum absolute atomic E-state index is 0.101. The van der Waals surface area contributed by atoms with Crippen LogP contribution in [-0.2, 0) is 6.42 Å². The molecule has 96 valence electrons. The molecule has 0 saturated heterocycles. The average molecular weight is 277 g/mol. The van der Waals surface area contributed by atoms with Crippen LogP contribution in [-0.4, -0.2) is 16.5 Å². The van der Waals surface area contributed by atoms with Gasteiger partial charge in [0.05, 0.1) is 5.01 Å². The van der Waals surface area contributed by atoms with E-state index < -0.39 is 29.2 Å². The Morgan fingerprint density at radius 3 is 2.33 bits per heavy atom. The zero-order chi connectivity index (χ0) is 13.1. The van der Waals surface area contributed by atoms with Gasteiger partial charge < -0.3 is 5.32 Å². The molecule has 8 heteroatoms. The molecule has 0 saturated carbocycles. The van der Waals surface area contributed by atoms with Crippen LogP contribution in [0.25, 0.3) is 0 Å². The summed E-state index contributed by atoms with van der Waals surface area (Å²) in [6, 6.07) is 0. The molecule has 0 bridgehead atoms. The van der Waals surface area contributed by atoms with Gasteiger partial charge in [0.2, 0.25) is 11.6 Å². The van der Waals surface area contributed by atoms with Crippen molar-refractivity contribution in [2.75, 3.05) is 11.9 Å². The van der Waals surface area contributed by atoms with E-state index in [-0.39, 0.29) is 6.54 Å². The van der Waals surface area contributed by atoms with Gasteiger partial charge in [0.1, 0.15) is 5.69 Å². The Hall–Kier alpha value is -1.70. The molecule has 2 aromatic rings. The zero-order valence-electron chi connectivity index (χ0n) is 8.88. The number of halogens is 4. The van der Waals surface area contributed by atoms with Gasteiger partial charge in [-0.05, 0) is 0 Å². The Morgan fingerprint density at radius 1 is 1.11 bits per heavy atom. The van der Waals surface area contributed by atoms with Gasteiger partial charge in [-0.2, -0.15) is 22.5 Å². The minimum Gasteiger partial charge on any atom is -0.380 e. The van der Waals surface area contributed by atoms with E-state index in [0.29, 0.717) is 6.42 Å². The maximum atomic E-state index is 13.2. The first-order valence-corrected chi connectivity index (χ1v) is 5.79. The molecular formula is C10H7F4N3S. The highest BCUT2D eigenvalue weighted by atomic mass is 32.1. The second-order valence-electron chi connectivity index (χ2n) is 3.30. The van der Waals surface area contributed by atoms with Gasteiger partial charge in [-0.1, -0.05) is 0 Å². The largest absolute Gasteiger partial charge is 0.380 e. The molecule has 0 atom stereocenters. The molecule has 0 amide bonds. The van der Waals surface area contributed by atoms with Crippen molar-refractivity contribution in [1.29, 1.82) is 0 Å². The van der Waals surface area contributed by atoms with Crippen LogP contribution < -0.4 is 5.32 Å². The molecule has 0 unspecified atom stereocenters. The third-order valence-corrected chi connectivity index (χ3v) is 2.96. The third-order valence-electron chi connectivity index (χ3n) is 2.12. The molecule has 2 aromatic heterocycles. The summed E-state index contributed by atoms with van der Waals surface area (Å²) in [6.45, 7) is 0.101. The molecular weight excluding hydrogens is 270 g/mol. The van der Waals surface area contributed by atoms with Gasteiger partial charge in [-0.25, -0.2) is 4.98 Å². The summed E-state index contributed by atoms with van der Waals surface area (Å²) in [4.78, 5) is 6.42.